The minimum Gasteiger partial charge on any atom is -0.308 e. The summed E-state index contributed by atoms with van der Waals surface area (Å²) in [7, 11) is 0. The van der Waals surface area contributed by atoms with Crippen molar-refractivity contribution in [1.29, 1.82) is 0 Å². The molecule has 4 rings (SSSR count). The molecule has 26 heavy (non-hydrogen) atoms. The van der Waals surface area contributed by atoms with Gasteiger partial charge in [0.25, 0.3) is 0 Å². The van der Waals surface area contributed by atoms with E-state index in [1.165, 1.54) is 33.8 Å². The average Bonchev–Trinajstić information content (AvgIpc) is 2.96. The molecule has 1 aromatic heterocycles. The molecule has 2 aromatic carbocycles. The van der Waals surface area contributed by atoms with E-state index in [1.807, 2.05) is 23.1 Å². The molecule has 3 nitrogen and oxygen atoms in total. The standard InChI is InChI=1S/C22H22N2OS/c1-14-7-6-9-18-15(2)11-20(23-22(14)18)26-13-21(25)24-16(3)12-17-8-4-5-10-19(17)24/h4-11,16H,12-13H2,1-3H3/t16-/m1/s1. The van der Waals surface area contributed by atoms with E-state index in [0.717, 1.165) is 22.7 Å². The summed E-state index contributed by atoms with van der Waals surface area (Å²) < 4.78 is 0. The third-order valence-corrected chi connectivity index (χ3v) is 5.94. The van der Waals surface area contributed by atoms with Crippen LogP contribution in [0.2, 0.25) is 0 Å². The van der Waals surface area contributed by atoms with Crippen LogP contribution in [-0.2, 0) is 11.2 Å². The molecule has 4 heteroatoms. The second kappa shape index (κ2) is 6.76. The van der Waals surface area contributed by atoms with E-state index in [1.54, 1.807) is 0 Å². The number of hydrogen-bond acceptors (Lipinski definition) is 3. The minimum atomic E-state index is 0.150. The number of amides is 1. The molecule has 0 saturated heterocycles. The molecule has 1 amide bonds. The fourth-order valence-corrected chi connectivity index (χ4v) is 4.58. The summed E-state index contributed by atoms with van der Waals surface area (Å²) in [6.45, 7) is 6.30. The van der Waals surface area contributed by atoms with E-state index < -0.39 is 0 Å². The van der Waals surface area contributed by atoms with Gasteiger partial charge in [0.15, 0.2) is 0 Å². The summed E-state index contributed by atoms with van der Waals surface area (Å²) in [6, 6.07) is 16.8. The number of thioether (sulfide) groups is 1. The highest BCUT2D eigenvalue weighted by Gasteiger charge is 2.30. The molecule has 0 saturated carbocycles. The molecule has 0 fully saturated rings. The van der Waals surface area contributed by atoms with Gasteiger partial charge in [0.05, 0.1) is 16.3 Å². The van der Waals surface area contributed by atoms with Crippen molar-refractivity contribution >= 4 is 34.3 Å². The van der Waals surface area contributed by atoms with Gasteiger partial charge in [-0.3, -0.25) is 4.79 Å². The molecule has 0 bridgehead atoms. The number of pyridine rings is 1. The highest BCUT2D eigenvalue weighted by molar-refractivity contribution is 7.99. The zero-order valence-electron chi connectivity index (χ0n) is 15.3. The molecule has 0 spiro atoms. The maximum absolute atomic E-state index is 12.9. The highest BCUT2D eigenvalue weighted by atomic mass is 32.2. The second-order valence-corrected chi connectivity index (χ2v) is 7.98. The Labute approximate surface area is 158 Å². The quantitative estimate of drug-likeness (QED) is 0.620. The van der Waals surface area contributed by atoms with E-state index in [0.29, 0.717) is 5.75 Å². The van der Waals surface area contributed by atoms with Gasteiger partial charge in [0, 0.05) is 17.1 Å². The first-order chi connectivity index (χ1) is 12.5. The Kier molecular flexibility index (Phi) is 4.45. The van der Waals surface area contributed by atoms with Crippen LogP contribution in [0, 0.1) is 13.8 Å². The molecule has 1 atom stereocenters. The number of fused-ring (bicyclic) bond motifs is 2. The number of para-hydroxylation sites is 2. The van der Waals surface area contributed by atoms with Gasteiger partial charge in [-0.05, 0) is 56.0 Å². The molecule has 3 aromatic rings. The van der Waals surface area contributed by atoms with E-state index in [2.05, 4.69) is 51.1 Å². The van der Waals surface area contributed by atoms with Gasteiger partial charge in [-0.1, -0.05) is 48.2 Å². The van der Waals surface area contributed by atoms with Gasteiger partial charge in [0.2, 0.25) is 5.91 Å². The number of rotatable bonds is 3. The summed E-state index contributed by atoms with van der Waals surface area (Å²) in [5, 5.41) is 2.10. The Balaban J connectivity index is 1.55. The molecule has 0 radical (unpaired) electrons. The number of aryl methyl sites for hydroxylation is 2. The third kappa shape index (κ3) is 2.99. The summed E-state index contributed by atoms with van der Waals surface area (Å²) in [6.07, 6.45) is 0.930. The largest absolute Gasteiger partial charge is 0.308 e. The number of aromatic nitrogens is 1. The highest BCUT2D eigenvalue weighted by Crippen LogP contribution is 2.33. The van der Waals surface area contributed by atoms with E-state index >= 15 is 0 Å². The van der Waals surface area contributed by atoms with Crippen molar-refractivity contribution in [2.45, 2.75) is 38.3 Å². The van der Waals surface area contributed by atoms with Crippen LogP contribution in [0.15, 0.2) is 53.6 Å². The van der Waals surface area contributed by atoms with Crippen molar-refractivity contribution in [2.75, 3.05) is 10.7 Å². The molecule has 0 aliphatic carbocycles. The van der Waals surface area contributed by atoms with Crippen LogP contribution in [0.5, 0.6) is 0 Å². The molecular weight excluding hydrogens is 340 g/mol. The van der Waals surface area contributed by atoms with Gasteiger partial charge in [0.1, 0.15) is 0 Å². The maximum atomic E-state index is 12.9. The first-order valence-corrected chi connectivity index (χ1v) is 9.93. The predicted molar refractivity (Wildman–Crippen MR) is 109 cm³/mol. The Morgan fingerprint density at radius 1 is 1.15 bits per heavy atom. The van der Waals surface area contributed by atoms with Crippen molar-refractivity contribution in [2.24, 2.45) is 0 Å². The molecule has 132 valence electrons. The van der Waals surface area contributed by atoms with Gasteiger partial charge in [-0.15, -0.1) is 0 Å². The van der Waals surface area contributed by atoms with Crippen molar-refractivity contribution in [3.63, 3.8) is 0 Å². The summed E-state index contributed by atoms with van der Waals surface area (Å²) in [5.41, 5.74) is 5.72. The van der Waals surface area contributed by atoms with Crippen LogP contribution >= 0.6 is 11.8 Å². The fraction of sp³-hybridized carbons (Fsp3) is 0.273. The van der Waals surface area contributed by atoms with Crippen LogP contribution in [-0.4, -0.2) is 22.7 Å². The van der Waals surface area contributed by atoms with Crippen molar-refractivity contribution < 1.29 is 4.79 Å². The van der Waals surface area contributed by atoms with E-state index in [9.17, 15) is 4.79 Å². The van der Waals surface area contributed by atoms with Crippen LogP contribution in [0.3, 0.4) is 0 Å². The van der Waals surface area contributed by atoms with Crippen molar-refractivity contribution in [1.82, 2.24) is 4.98 Å². The summed E-state index contributed by atoms with van der Waals surface area (Å²) >= 11 is 1.53. The van der Waals surface area contributed by atoms with Crippen LogP contribution in [0.1, 0.15) is 23.6 Å². The first-order valence-electron chi connectivity index (χ1n) is 8.94. The molecule has 1 aliphatic heterocycles. The number of carbonyl (C=O) groups is 1. The lowest BCUT2D eigenvalue weighted by atomic mass is 10.1. The lowest BCUT2D eigenvalue weighted by Crippen LogP contribution is -2.36. The molecular formula is C22H22N2OS. The van der Waals surface area contributed by atoms with E-state index in [4.69, 9.17) is 4.98 Å². The second-order valence-electron chi connectivity index (χ2n) is 6.98. The van der Waals surface area contributed by atoms with Gasteiger partial charge in [-0.2, -0.15) is 0 Å². The zero-order chi connectivity index (χ0) is 18.3. The maximum Gasteiger partial charge on any atom is 0.237 e. The number of benzene rings is 2. The number of anilines is 1. The predicted octanol–water partition coefficient (Wildman–Crippen LogP) is 4.92. The topological polar surface area (TPSA) is 33.2 Å². The molecule has 1 aliphatic rings. The number of carbonyl (C=O) groups excluding carboxylic acids is 1. The first kappa shape index (κ1) is 17.1. The van der Waals surface area contributed by atoms with Gasteiger partial charge in [-0.25, -0.2) is 4.98 Å². The van der Waals surface area contributed by atoms with Crippen LogP contribution in [0.25, 0.3) is 10.9 Å². The lowest BCUT2D eigenvalue weighted by Gasteiger charge is -2.22. The van der Waals surface area contributed by atoms with E-state index in [-0.39, 0.29) is 11.9 Å². The Morgan fingerprint density at radius 2 is 1.96 bits per heavy atom. The van der Waals surface area contributed by atoms with Crippen LogP contribution in [0.4, 0.5) is 5.69 Å². The average molecular weight is 362 g/mol. The lowest BCUT2D eigenvalue weighted by molar-refractivity contribution is -0.116. The molecule has 0 unspecified atom stereocenters. The van der Waals surface area contributed by atoms with Crippen LogP contribution < -0.4 is 4.90 Å². The van der Waals surface area contributed by atoms with Gasteiger partial charge < -0.3 is 4.90 Å². The number of hydrogen-bond donors (Lipinski definition) is 0. The Hall–Kier alpha value is -2.33. The van der Waals surface area contributed by atoms with Gasteiger partial charge >= 0.3 is 0 Å². The van der Waals surface area contributed by atoms with Crippen molar-refractivity contribution in [3.05, 3.63) is 65.2 Å². The smallest absolute Gasteiger partial charge is 0.237 e. The molecule has 2 heterocycles. The Morgan fingerprint density at radius 3 is 2.81 bits per heavy atom. The third-order valence-electron chi connectivity index (χ3n) is 5.04. The minimum absolute atomic E-state index is 0.150. The Bertz CT molecular complexity index is 999. The summed E-state index contributed by atoms with van der Waals surface area (Å²) in [5.74, 6) is 0.555. The van der Waals surface area contributed by atoms with Crippen molar-refractivity contribution in [3.8, 4) is 0 Å². The zero-order valence-corrected chi connectivity index (χ0v) is 16.1. The molecule has 0 N–H and O–H groups in total. The fourth-order valence-electron chi connectivity index (χ4n) is 3.76. The summed E-state index contributed by atoms with van der Waals surface area (Å²) in [4.78, 5) is 19.6. The number of nitrogens with zero attached hydrogens (tertiary/aromatic N) is 2. The monoisotopic (exact) mass is 362 g/mol. The SMILES string of the molecule is Cc1cc(SCC(=O)N2c3ccccc3C[C@H]2C)nc2c(C)cccc12. The normalized spacial score (nSPS) is 16.1.